The lowest BCUT2D eigenvalue weighted by Crippen LogP contribution is -2.33. The maximum atomic E-state index is 9.99. The third kappa shape index (κ3) is 5.30. The van der Waals surface area contributed by atoms with Gasteiger partial charge in [-0.05, 0) is 37.5 Å². The highest BCUT2D eigenvalue weighted by atomic mass is 16.5. The standard InChI is InChI=1S/C17H27NO3/c1-13(14-6-5-9-17(10-14)20-2)18-11-15(19)12-21-16-7-3-4-8-16/h5-6,9-10,13,15-16,18-19H,3-4,7-8,11-12H2,1-2H3/t13-,15?/m0/s1. The number of aliphatic hydroxyl groups excluding tert-OH is 1. The number of hydrogen-bond donors (Lipinski definition) is 2. The molecule has 1 aliphatic rings. The minimum Gasteiger partial charge on any atom is -0.497 e. The fourth-order valence-electron chi connectivity index (χ4n) is 2.70. The van der Waals surface area contributed by atoms with Gasteiger partial charge in [-0.15, -0.1) is 0 Å². The summed E-state index contributed by atoms with van der Waals surface area (Å²) in [6, 6.07) is 8.15. The van der Waals surface area contributed by atoms with Crippen molar-refractivity contribution in [1.82, 2.24) is 5.32 Å². The number of ether oxygens (including phenoxy) is 2. The van der Waals surface area contributed by atoms with Crippen LogP contribution in [0.4, 0.5) is 0 Å². The molecule has 0 saturated heterocycles. The third-order valence-electron chi connectivity index (χ3n) is 4.08. The molecule has 0 amide bonds. The summed E-state index contributed by atoms with van der Waals surface area (Å²) in [4.78, 5) is 0. The number of methoxy groups -OCH3 is 1. The molecule has 0 spiro atoms. The van der Waals surface area contributed by atoms with E-state index in [0.717, 1.165) is 24.2 Å². The maximum absolute atomic E-state index is 9.99. The van der Waals surface area contributed by atoms with Crippen molar-refractivity contribution in [2.45, 2.75) is 50.9 Å². The van der Waals surface area contributed by atoms with Gasteiger partial charge in [0.1, 0.15) is 5.75 Å². The van der Waals surface area contributed by atoms with E-state index in [-0.39, 0.29) is 6.04 Å². The van der Waals surface area contributed by atoms with Crippen LogP contribution in [0.15, 0.2) is 24.3 Å². The van der Waals surface area contributed by atoms with Crippen molar-refractivity contribution in [1.29, 1.82) is 0 Å². The molecule has 1 aromatic carbocycles. The van der Waals surface area contributed by atoms with Crippen molar-refractivity contribution in [3.8, 4) is 5.75 Å². The summed E-state index contributed by atoms with van der Waals surface area (Å²) in [5.41, 5.74) is 1.15. The van der Waals surface area contributed by atoms with Crippen LogP contribution >= 0.6 is 0 Å². The Labute approximate surface area is 127 Å². The molecule has 1 saturated carbocycles. The van der Waals surface area contributed by atoms with E-state index in [1.807, 2.05) is 18.2 Å². The number of aliphatic hydroxyl groups is 1. The van der Waals surface area contributed by atoms with Crippen LogP contribution in [0.3, 0.4) is 0 Å². The zero-order valence-electron chi connectivity index (χ0n) is 13.0. The van der Waals surface area contributed by atoms with Crippen LogP contribution in [0.5, 0.6) is 5.75 Å². The molecule has 118 valence electrons. The van der Waals surface area contributed by atoms with E-state index >= 15 is 0 Å². The van der Waals surface area contributed by atoms with E-state index in [1.54, 1.807) is 7.11 Å². The van der Waals surface area contributed by atoms with Crippen LogP contribution in [-0.4, -0.2) is 37.6 Å². The Hall–Kier alpha value is -1.10. The van der Waals surface area contributed by atoms with Crippen molar-refractivity contribution in [2.75, 3.05) is 20.3 Å². The average molecular weight is 293 g/mol. The molecule has 21 heavy (non-hydrogen) atoms. The van der Waals surface area contributed by atoms with Crippen LogP contribution in [0.2, 0.25) is 0 Å². The first kappa shape index (κ1) is 16.3. The Bertz CT molecular complexity index is 418. The quantitative estimate of drug-likeness (QED) is 0.774. The van der Waals surface area contributed by atoms with Crippen molar-refractivity contribution in [3.63, 3.8) is 0 Å². The second-order valence-corrected chi connectivity index (χ2v) is 5.80. The summed E-state index contributed by atoms with van der Waals surface area (Å²) in [5.74, 6) is 0.853. The molecular formula is C17H27NO3. The molecule has 0 heterocycles. The first-order valence-electron chi connectivity index (χ1n) is 7.86. The molecule has 2 atom stereocenters. The Balaban J connectivity index is 1.70. The van der Waals surface area contributed by atoms with Gasteiger partial charge in [-0.2, -0.15) is 0 Å². The Kier molecular flexibility index (Phi) is 6.49. The van der Waals surface area contributed by atoms with Gasteiger partial charge in [-0.25, -0.2) is 0 Å². The summed E-state index contributed by atoms with van der Waals surface area (Å²) in [6.07, 6.45) is 4.69. The number of hydrogen-bond acceptors (Lipinski definition) is 4. The van der Waals surface area contributed by atoms with Gasteiger partial charge in [0.05, 0.1) is 25.9 Å². The SMILES string of the molecule is COc1cccc([C@H](C)NCC(O)COC2CCCC2)c1. The zero-order chi connectivity index (χ0) is 15.1. The average Bonchev–Trinajstić information content (AvgIpc) is 3.04. The van der Waals surface area contributed by atoms with E-state index in [4.69, 9.17) is 9.47 Å². The maximum Gasteiger partial charge on any atom is 0.119 e. The molecule has 0 aromatic heterocycles. The molecule has 1 fully saturated rings. The van der Waals surface area contributed by atoms with E-state index in [1.165, 1.54) is 12.8 Å². The Morgan fingerprint density at radius 3 is 2.81 bits per heavy atom. The molecule has 0 radical (unpaired) electrons. The lowest BCUT2D eigenvalue weighted by Gasteiger charge is -2.19. The largest absolute Gasteiger partial charge is 0.497 e. The van der Waals surface area contributed by atoms with Crippen LogP contribution in [0, 0.1) is 0 Å². The van der Waals surface area contributed by atoms with E-state index < -0.39 is 6.10 Å². The molecule has 1 aromatic rings. The smallest absolute Gasteiger partial charge is 0.119 e. The van der Waals surface area contributed by atoms with Crippen molar-refractivity contribution in [3.05, 3.63) is 29.8 Å². The first-order chi connectivity index (χ1) is 10.2. The second kappa shape index (κ2) is 8.37. The van der Waals surface area contributed by atoms with Crippen molar-refractivity contribution >= 4 is 0 Å². The van der Waals surface area contributed by atoms with Gasteiger partial charge in [0.2, 0.25) is 0 Å². The molecule has 4 heteroatoms. The fourth-order valence-corrected chi connectivity index (χ4v) is 2.70. The van der Waals surface area contributed by atoms with E-state index in [2.05, 4.69) is 18.3 Å². The molecule has 2 N–H and O–H groups in total. The molecule has 2 rings (SSSR count). The van der Waals surface area contributed by atoms with Gasteiger partial charge < -0.3 is 19.9 Å². The number of rotatable bonds is 8. The number of benzene rings is 1. The minimum absolute atomic E-state index is 0.168. The van der Waals surface area contributed by atoms with Gasteiger partial charge >= 0.3 is 0 Å². The Morgan fingerprint density at radius 2 is 2.10 bits per heavy atom. The molecule has 0 aliphatic heterocycles. The summed E-state index contributed by atoms with van der Waals surface area (Å²) >= 11 is 0. The molecule has 4 nitrogen and oxygen atoms in total. The van der Waals surface area contributed by atoms with E-state index in [9.17, 15) is 5.11 Å². The molecule has 0 bridgehead atoms. The normalized spacial score (nSPS) is 18.6. The van der Waals surface area contributed by atoms with E-state index in [0.29, 0.717) is 19.3 Å². The van der Waals surface area contributed by atoms with Gasteiger partial charge in [-0.1, -0.05) is 25.0 Å². The van der Waals surface area contributed by atoms with Crippen LogP contribution in [-0.2, 0) is 4.74 Å². The number of nitrogens with one attached hydrogen (secondary N) is 1. The Morgan fingerprint density at radius 1 is 1.33 bits per heavy atom. The summed E-state index contributed by atoms with van der Waals surface area (Å²) in [5, 5.41) is 13.3. The molecule has 1 unspecified atom stereocenters. The van der Waals surface area contributed by atoms with Crippen LogP contribution < -0.4 is 10.1 Å². The monoisotopic (exact) mass is 293 g/mol. The predicted octanol–water partition coefficient (Wildman–Crippen LogP) is 2.67. The van der Waals surface area contributed by atoms with Gasteiger partial charge in [-0.3, -0.25) is 0 Å². The molecular weight excluding hydrogens is 266 g/mol. The highest BCUT2D eigenvalue weighted by molar-refractivity contribution is 5.30. The summed E-state index contributed by atoms with van der Waals surface area (Å²) in [6.45, 7) is 3.03. The molecule has 1 aliphatic carbocycles. The fraction of sp³-hybridized carbons (Fsp3) is 0.647. The third-order valence-corrected chi connectivity index (χ3v) is 4.08. The second-order valence-electron chi connectivity index (χ2n) is 5.80. The van der Waals surface area contributed by atoms with Gasteiger partial charge in [0.15, 0.2) is 0 Å². The minimum atomic E-state index is -0.460. The summed E-state index contributed by atoms with van der Waals surface area (Å²) < 4.78 is 11.0. The topological polar surface area (TPSA) is 50.7 Å². The summed E-state index contributed by atoms with van der Waals surface area (Å²) in [7, 11) is 1.67. The van der Waals surface area contributed by atoms with Crippen LogP contribution in [0.1, 0.15) is 44.2 Å². The van der Waals surface area contributed by atoms with Gasteiger partial charge in [0.25, 0.3) is 0 Å². The highest BCUT2D eigenvalue weighted by Crippen LogP contribution is 2.21. The lowest BCUT2D eigenvalue weighted by atomic mass is 10.1. The lowest BCUT2D eigenvalue weighted by molar-refractivity contribution is -0.00610. The first-order valence-corrected chi connectivity index (χ1v) is 7.86. The van der Waals surface area contributed by atoms with Gasteiger partial charge in [0, 0.05) is 12.6 Å². The van der Waals surface area contributed by atoms with Crippen molar-refractivity contribution < 1.29 is 14.6 Å². The predicted molar refractivity (Wildman–Crippen MR) is 83.6 cm³/mol. The highest BCUT2D eigenvalue weighted by Gasteiger charge is 2.17. The van der Waals surface area contributed by atoms with Crippen LogP contribution in [0.25, 0.3) is 0 Å². The zero-order valence-corrected chi connectivity index (χ0v) is 13.0. The van der Waals surface area contributed by atoms with Crippen molar-refractivity contribution in [2.24, 2.45) is 0 Å².